The van der Waals surface area contributed by atoms with Crippen LogP contribution >= 0.6 is 38.9 Å². The summed E-state index contributed by atoms with van der Waals surface area (Å²) in [5, 5.41) is 0. The molecule has 0 spiro atoms. The van der Waals surface area contributed by atoms with Crippen LogP contribution in [0.4, 0.5) is 4.39 Å². The molecular formula is C13H7BrClFOS. The molecule has 1 aromatic carbocycles. The van der Waals surface area contributed by atoms with E-state index >= 15 is 0 Å². The average Bonchev–Trinajstić information content (AvgIpc) is 2.77. The minimum absolute atomic E-state index is 0.189. The summed E-state index contributed by atoms with van der Waals surface area (Å²) in [6, 6.07) is 7.87. The molecule has 0 amide bonds. The molecule has 92 valence electrons. The maximum absolute atomic E-state index is 13.4. The topological polar surface area (TPSA) is 17.1 Å². The molecule has 18 heavy (non-hydrogen) atoms. The maximum Gasteiger partial charge on any atom is 0.195 e. The van der Waals surface area contributed by atoms with E-state index in [4.69, 9.17) is 11.6 Å². The zero-order valence-corrected chi connectivity index (χ0v) is 12.2. The predicted molar refractivity (Wildman–Crippen MR) is 76.8 cm³/mol. The summed E-state index contributed by atoms with van der Waals surface area (Å²) in [4.78, 5) is 12.3. The molecule has 0 aliphatic rings. The predicted octanol–water partition coefficient (Wildman–Crippen LogP) is 5.20. The lowest BCUT2D eigenvalue weighted by Gasteiger charge is -1.97. The summed E-state index contributed by atoms with van der Waals surface area (Å²) in [5.41, 5.74) is 0.361. The summed E-state index contributed by atoms with van der Waals surface area (Å²) in [6.45, 7) is 0. The Labute approximate surface area is 121 Å². The quantitative estimate of drug-likeness (QED) is 0.552. The van der Waals surface area contributed by atoms with E-state index in [0.717, 1.165) is 4.47 Å². The Morgan fingerprint density at radius 3 is 2.78 bits per heavy atom. The van der Waals surface area contributed by atoms with Gasteiger partial charge in [0.25, 0.3) is 0 Å². The number of halogens is 3. The molecule has 0 unspecified atom stereocenters. The van der Waals surface area contributed by atoms with E-state index in [1.165, 1.54) is 29.6 Å². The van der Waals surface area contributed by atoms with Crippen LogP contribution in [0.25, 0.3) is 6.08 Å². The van der Waals surface area contributed by atoms with Crippen LogP contribution in [0.3, 0.4) is 0 Å². The highest BCUT2D eigenvalue weighted by Crippen LogP contribution is 2.22. The van der Waals surface area contributed by atoms with Gasteiger partial charge < -0.3 is 0 Å². The van der Waals surface area contributed by atoms with Crippen LogP contribution in [0, 0.1) is 5.82 Å². The number of carbonyl (C=O) groups is 1. The number of hydrogen-bond donors (Lipinski definition) is 0. The van der Waals surface area contributed by atoms with Crippen LogP contribution < -0.4 is 0 Å². The second-order valence-electron chi connectivity index (χ2n) is 3.47. The number of thiophene rings is 1. The normalized spacial score (nSPS) is 11.1. The van der Waals surface area contributed by atoms with Gasteiger partial charge in [-0.1, -0.05) is 27.5 Å². The Hall–Kier alpha value is -0.970. The number of ketones is 1. The molecular weight excluding hydrogens is 339 g/mol. The fourth-order valence-electron chi connectivity index (χ4n) is 1.34. The van der Waals surface area contributed by atoms with Gasteiger partial charge in [-0.25, -0.2) is 4.39 Å². The Kier molecular flexibility index (Phi) is 4.32. The number of rotatable bonds is 3. The molecule has 1 nitrogen and oxygen atoms in total. The molecule has 0 saturated heterocycles. The molecule has 0 atom stereocenters. The lowest BCUT2D eigenvalue weighted by molar-refractivity contribution is 0.105. The zero-order valence-electron chi connectivity index (χ0n) is 8.99. The number of carbonyl (C=O) groups excluding carboxylic acids is 1. The largest absolute Gasteiger partial charge is 0.288 e. The Morgan fingerprint density at radius 2 is 2.11 bits per heavy atom. The van der Waals surface area contributed by atoms with Crippen molar-refractivity contribution < 1.29 is 9.18 Å². The molecule has 0 aliphatic carbocycles. The van der Waals surface area contributed by atoms with Crippen LogP contribution in [0.15, 0.2) is 40.9 Å². The van der Waals surface area contributed by atoms with Crippen molar-refractivity contribution in [1.82, 2.24) is 0 Å². The number of hydrogen-bond acceptors (Lipinski definition) is 2. The molecule has 0 bridgehead atoms. The highest BCUT2D eigenvalue weighted by Gasteiger charge is 2.06. The number of benzene rings is 1. The Bertz CT molecular complexity index is 621. The lowest BCUT2D eigenvalue weighted by atomic mass is 10.2. The van der Waals surface area contributed by atoms with E-state index in [-0.39, 0.29) is 11.6 Å². The average molecular weight is 346 g/mol. The first-order chi connectivity index (χ1) is 8.56. The monoisotopic (exact) mass is 344 g/mol. The summed E-state index contributed by atoms with van der Waals surface area (Å²) >= 11 is 10.2. The smallest absolute Gasteiger partial charge is 0.195 e. The fraction of sp³-hybridized carbons (Fsp3) is 0. The van der Waals surface area contributed by atoms with E-state index in [2.05, 4.69) is 15.9 Å². The molecule has 1 heterocycles. The van der Waals surface area contributed by atoms with Crippen molar-refractivity contribution in [3.8, 4) is 0 Å². The third kappa shape index (κ3) is 3.28. The highest BCUT2D eigenvalue weighted by atomic mass is 79.9. The van der Waals surface area contributed by atoms with Crippen molar-refractivity contribution in [1.29, 1.82) is 0 Å². The summed E-state index contributed by atoms with van der Waals surface area (Å²) < 4.78 is 14.7. The molecule has 1 aromatic heterocycles. The maximum atomic E-state index is 13.4. The highest BCUT2D eigenvalue weighted by molar-refractivity contribution is 9.10. The van der Waals surface area contributed by atoms with Crippen LogP contribution in [0.5, 0.6) is 0 Å². The van der Waals surface area contributed by atoms with Crippen LogP contribution in [0.2, 0.25) is 4.34 Å². The standard InChI is InChI=1S/C13H7BrClFOS/c14-9-2-3-10(16)8(7-9)1-4-11(17)12-5-6-13(15)18-12/h1-7H/b4-1+. The van der Waals surface area contributed by atoms with Crippen LogP contribution in [0.1, 0.15) is 15.2 Å². The zero-order chi connectivity index (χ0) is 13.1. The van der Waals surface area contributed by atoms with Gasteiger partial charge in [-0.15, -0.1) is 11.3 Å². The van der Waals surface area contributed by atoms with Crippen molar-refractivity contribution >= 4 is 50.7 Å². The van der Waals surface area contributed by atoms with E-state index in [0.29, 0.717) is 14.8 Å². The first kappa shape index (κ1) is 13.5. The van der Waals surface area contributed by atoms with Crippen molar-refractivity contribution in [2.24, 2.45) is 0 Å². The van der Waals surface area contributed by atoms with Crippen LogP contribution in [-0.2, 0) is 0 Å². The van der Waals surface area contributed by atoms with E-state index in [9.17, 15) is 9.18 Å². The van der Waals surface area contributed by atoms with Gasteiger partial charge in [-0.05, 0) is 42.5 Å². The molecule has 2 rings (SSSR count). The van der Waals surface area contributed by atoms with Gasteiger partial charge in [0.05, 0.1) is 9.21 Å². The summed E-state index contributed by atoms with van der Waals surface area (Å²) in [5.74, 6) is -0.558. The first-order valence-electron chi connectivity index (χ1n) is 4.99. The second kappa shape index (κ2) is 5.78. The van der Waals surface area contributed by atoms with Gasteiger partial charge in [0.15, 0.2) is 5.78 Å². The van der Waals surface area contributed by atoms with Gasteiger partial charge in [0.2, 0.25) is 0 Å². The van der Waals surface area contributed by atoms with Crippen molar-refractivity contribution in [2.45, 2.75) is 0 Å². The van der Waals surface area contributed by atoms with Crippen molar-refractivity contribution in [3.05, 3.63) is 61.5 Å². The minimum Gasteiger partial charge on any atom is -0.288 e. The molecule has 0 radical (unpaired) electrons. The van der Waals surface area contributed by atoms with Crippen LogP contribution in [-0.4, -0.2) is 5.78 Å². The van der Waals surface area contributed by atoms with Gasteiger partial charge in [-0.2, -0.15) is 0 Å². The van der Waals surface area contributed by atoms with Gasteiger partial charge >= 0.3 is 0 Å². The Morgan fingerprint density at radius 1 is 1.33 bits per heavy atom. The van der Waals surface area contributed by atoms with Crippen molar-refractivity contribution in [3.63, 3.8) is 0 Å². The molecule has 0 aliphatic heterocycles. The SMILES string of the molecule is O=C(/C=C/c1cc(Br)ccc1F)c1ccc(Cl)s1. The Balaban J connectivity index is 2.20. The van der Waals surface area contributed by atoms with Gasteiger partial charge in [0, 0.05) is 10.0 Å². The second-order valence-corrected chi connectivity index (χ2v) is 6.10. The minimum atomic E-state index is -0.369. The fourth-order valence-corrected chi connectivity index (χ4v) is 2.68. The van der Waals surface area contributed by atoms with Gasteiger partial charge in [-0.3, -0.25) is 4.79 Å². The number of allylic oxidation sites excluding steroid dienone is 1. The molecule has 0 fully saturated rings. The molecule has 0 N–H and O–H groups in total. The first-order valence-corrected chi connectivity index (χ1v) is 6.98. The third-order valence-electron chi connectivity index (χ3n) is 2.19. The van der Waals surface area contributed by atoms with E-state index < -0.39 is 0 Å². The lowest BCUT2D eigenvalue weighted by Crippen LogP contribution is -1.89. The van der Waals surface area contributed by atoms with E-state index in [1.54, 1.807) is 24.3 Å². The molecule has 0 saturated carbocycles. The molecule has 5 heteroatoms. The van der Waals surface area contributed by atoms with Crippen molar-refractivity contribution in [2.75, 3.05) is 0 Å². The molecule has 2 aromatic rings. The summed E-state index contributed by atoms with van der Waals surface area (Å²) in [7, 11) is 0. The van der Waals surface area contributed by atoms with E-state index in [1.807, 2.05) is 0 Å². The third-order valence-corrected chi connectivity index (χ3v) is 3.93. The van der Waals surface area contributed by atoms with Gasteiger partial charge in [0.1, 0.15) is 5.82 Å². The summed E-state index contributed by atoms with van der Waals surface area (Å²) in [6.07, 6.45) is 2.79.